The summed E-state index contributed by atoms with van der Waals surface area (Å²) in [7, 11) is -9.71. The Labute approximate surface area is 221 Å². The van der Waals surface area contributed by atoms with Crippen molar-refractivity contribution in [2.45, 2.75) is 16.0 Å². The highest BCUT2D eigenvalue weighted by Crippen LogP contribution is 2.44. The lowest BCUT2D eigenvalue weighted by Gasteiger charge is -2.16. The molecule has 0 aliphatic heterocycles. The number of rotatable bonds is 7. The van der Waals surface area contributed by atoms with Crippen molar-refractivity contribution in [1.29, 1.82) is 0 Å². The summed E-state index contributed by atoms with van der Waals surface area (Å²) in [6.45, 7) is 0. The Morgan fingerprint density at radius 1 is 0.921 bits per heavy atom. The number of nitro groups is 2. The number of hydrogen-bond donors (Lipinski definition) is 1. The van der Waals surface area contributed by atoms with Gasteiger partial charge in [0.2, 0.25) is 10.0 Å². The zero-order chi connectivity index (χ0) is 28.8. The molecular weight excluding hydrogens is 604 g/mol. The molecule has 0 unspecified atom stereocenters. The molecule has 12 nitrogen and oxygen atoms in total. The number of primary sulfonamides is 1. The minimum absolute atomic E-state index is 0.218. The highest BCUT2D eigenvalue weighted by Gasteiger charge is 2.38. The Bertz CT molecular complexity index is 1680. The van der Waals surface area contributed by atoms with Gasteiger partial charge in [0.05, 0.1) is 20.3 Å². The molecule has 202 valence electrons. The predicted molar refractivity (Wildman–Crippen MR) is 128 cm³/mol. The molecule has 0 heterocycles. The fourth-order valence-electron chi connectivity index (χ4n) is 3.26. The van der Waals surface area contributed by atoms with E-state index in [4.69, 9.17) is 28.3 Å². The van der Waals surface area contributed by atoms with Crippen LogP contribution in [0.5, 0.6) is 0 Å². The maximum Gasteiger partial charge on any atom is 0.416 e. The molecule has 0 fully saturated rings. The molecule has 19 heteroatoms. The van der Waals surface area contributed by atoms with Crippen LogP contribution in [-0.2, 0) is 26.2 Å². The number of hydrogen-bond acceptors (Lipinski definition) is 8. The van der Waals surface area contributed by atoms with Crippen LogP contribution >= 0.6 is 23.2 Å². The molecule has 2 N–H and O–H groups in total. The lowest BCUT2D eigenvalue weighted by Crippen LogP contribution is -2.36. The third kappa shape index (κ3) is 5.51. The average Bonchev–Trinajstić information content (AvgIpc) is 2.77. The van der Waals surface area contributed by atoms with Crippen molar-refractivity contribution < 1.29 is 40.0 Å². The molecule has 0 spiro atoms. The number of sulfonamides is 2. The molecule has 0 saturated heterocycles. The molecular formula is C19H11Cl2F3N4O8S2. The third-order valence-corrected chi connectivity index (χ3v) is 8.12. The second kappa shape index (κ2) is 9.99. The Morgan fingerprint density at radius 3 is 1.97 bits per heavy atom. The van der Waals surface area contributed by atoms with Crippen molar-refractivity contribution >= 4 is 54.6 Å². The highest BCUT2D eigenvalue weighted by atomic mass is 35.5. The van der Waals surface area contributed by atoms with Crippen molar-refractivity contribution in [1.82, 2.24) is 0 Å². The van der Waals surface area contributed by atoms with Crippen LogP contribution in [0.1, 0.15) is 5.56 Å². The van der Waals surface area contributed by atoms with Gasteiger partial charge in [-0.25, -0.2) is 23.7 Å². The molecule has 0 amide bonds. The summed E-state index contributed by atoms with van der Waals surface area (Å²) in [6, 6.07) is 6.38. The second-order valence-corrected chi connectivity index (χ2v) is 11.3. The van der Waals surface area contributed by atoms with E-state index in [1.807, 2.05) is 0 Å². The number of nitrogens with two attached hydrogens (primary N) is 1. The summed E-state index contributed by atoms with van der Waals surface area (Å²) in [5, 5.41) is 25.3. The van der Waals surface area contributed by atoms with E-state index in [2.05, 4.69) is 0 Å². The summed E-state index contributed by atoms with van der Waals surface area (Å²) < 4.78 is 88.9. The molecule has 3 rings (SSSR count). The zero-order valence-corrected chi connectivity index (χ0v) is 21.2. The van der Waals surface area contributed by atoms with E-state index >= 15 is 0 Å². The van der Waals surface area contributed by atoms with Crippen LogP contribution in [0, 0.1) is 20.2 Å². The number of alkyl halides is 3. The first-order valence-electron chi connectivity index (χ1n) is 9.54. The van der Waals surface area contributed by atoms with Crippen molar-refractivity contribution in [2.75, 3.05) is 4.41 Å². The van der Waals surface area contributed by atoms with Crippen LogP contribution in [-0.4, -0.2) is 26.8 Å². The molecule has 0 aliphatic carbocycles. The standard InChI is InChI=1S/C19H11Cl2F3N4O8S2/c20-14-9-15(37(25,33)34)16(17(21)18(14)27(29)30)10-4-6-13(7-5-10)38(35,36)26(28(31)32)12-3-1-2-11(8-12)19(22,23)24/h1-9H,(H2,25,33,34). The predicted octanol–water partition coefficient (Wildman–Crippen LogP) is 4.62. The monoisotopic (exact) mass is 614 g/mol. The quantitative estimate of drug-likeness (QED) is 0.295. The van der Waals surface area contributed by atoms with E-state index in [1.54, 1.807) is 0 Å². The Morgan fingerprint density at radius 2 is 1.50 bits per heavy atom. The first kappa shape index (κ1) is 29.1. The smallest absolute Gasteiger partial charge is 0.258 e. The minimum Gasteiger partial charge on any atom is -0.258 e. The summed E-state index contributed by atoms with van der Waals surface area (Å²) in [6.07, 6.45) is -4.93. The normalized spacial score (nSPS) is 12.3. The molecule has 3 aromatic rings. The van der Waals surface area contributed by atoms with Crippen molar-refractivity contribution in [3.8, 4) is 11.1 Å². The molecule has 0 saturated carbocycles. The first-order chi connectivity index (χ1) is 17.4. The van der Waals surface area contributed by atoms with Crippen LogP contribution in [0.25, 0.3) is 11.1 Å². The largest absolute Gasteiger partial charge is 0.416 e. The molecule has 3 aromatic carbocycles. The van der Waals surface area contributed by atoms with Gasteiger partial charge in [-0.1, -0.05) is 41.4 Å². The third-order valence-electron chi connectivity index (χ3n) is 4.86. The SMILES string of the molecule is NS(=O)(=O)c1cc(Cl)c([N+](=O)[O-])c(Cl)c1-c1ccc(S(=O)(=O)N(c2cccc(C(F)(F)F)c2)[N+](=O)[O-])cc1. The topological polar surface area (TPSA) is 184 Å². The Kier molecular flexibility index (Phi) is 7.64. The van der Waals surface area contributed by atoms with Crippen LogP contribution in [0.3, 0.4) is 0 Å². The first-order valence-corrected chi connectivity index (χ1v) is 13.3. The van der Waals surface area contributed by atoms with Crippen LogP contribution < -0.4 is 9.55 Å². The van der Waals surface area contributed by atoms with Gasteiger partial charge in [-0.3, -0.25) is 10.1 Å². The van der Waals surface area contributed by atoms with Gasteiger partial charge in [0.25, 0.3) is 0 Å². The molecule has 0 bridgehead atoms. The van der Waals surface area contributed by atoms with Gasteiger partial charge in [0.1, 0.15) is 15.7 Å². The lowest BCUT2D eigenvalue weighted by molar-refractivity contribution is -0.474. The summed E-state index contributed by atoms with van der Waals surface area (Å²) in [4.78, 5) is 20.4. The van der Waals surface area contributed by atoms with Crippen molar-refractivity contribution in [2.24, 2.45) is 5.14 Å². The van der Waals surface area contributed by atoms with E-state index in [0.29, 0.717) is 12.1 Å². The fourth-order valence-corrected chi connectivity index (χ4v) is 6.12. The number of halogens is 5. The van der Waals surface area contributed by atoms with Gasteiger partial charge in [0.15, 0.2) is 5.03 Å². The van der Waals surface area contributed by atoms with E-state index in [-0.39, 0.29) is 11.6 Å². The van der Waals surface area contributed by atoms with Gasteiger partial charge < -0.3 is 0 Å². The zero-order valence-electron chi connectivity index (χ0n) is 18.1. The maximum absolute atomic E-state index is 13.1. The van der Waals surface area contributed by atoms with Gasteiger partial charge in [-0.15, -0.1) is 0 Å². The van der Waals surface area contributed by atoms with Crippen LogP contribution in [0.4, 0.5) is 24.5 Å². The summed E-state index contributed by atoms with van der Waals surface area (Å²) >= 11 is 11.8. The summed E-state index contributed by atoms with van der Waals surface area (Å²) in [5.74, 6) is 0. The summed E-state index contributed by atoms with van der Waals surface area (Å²) in [5.41, 5.74) is -3.89. The van der Waals surface area contributed by atoms with Gasteiger partial charge in [-0.05, 0) is 42.0 Å². The van der Waals surface area contributed by atoms with Crippen molar-refractivity contribution in [3.63, 3.8) is 0 Å². The number of nitro benzene ring substituents is 1. The lowest BCUT2D eigenvalue weighted by atomic mass is 10.0. The van der Waals surface area contributed by atoms with Crippen molar-refractivity contribution in [3.05, 3.63) is 90.4 Å². The molecule has 0 atom stereocenters. The molecule has 0 radical (unpaired) electrons. The van der Waals surface area contributed by atoms with E-state index in [0.717, 1.165) is 36.4 Å². The molecule has 0 aromatic heterocycles. The van der Waals surface area contributed by atoms with E-state index in [1.165, 1.54) is 0 Å². The van der Waals surface area contributed by atoms with Crippen LogP contribution in [0.15, 0.2) is 64.4 Å². The van der Waals surface area contributed by atoms with E-state index in [9.17, 15) is 50.2 Å². The minimum atomic E-state index is -5.13. The highest BCUT2D eigenvalue weighted by molar-refractivity contribution is 7.92. The van der Waals surface area contributed by atoms with Gasteiger partial charge in [0, 0.05) is 9.98 Å². The number of anilines is 1. The average molecular weight is 615 g/mol. The molecule has 0 aliphatic rings. The number of nitrogens with zero attached hydrogens (tertiary/aromatic N) is 3. The maximum atomic E-state index is 13.1. The van der Waals surface area contributed by atoms with Crippen LogP contribution in [0.2, 0.25) is 10.0 Å². The molecule has 38 heavy (non-hydrogen) atoms. The Hall–Kier alpha value is -3.51. The van der Waals surface area contributed by atoms with Gasteiger partial charge >= 0.3 is 21.9 Å². The fraction of sp³-hybridized carbons (Fsp3) is 0.0526. The number of hydrazine groups is 1. The Balaban J connectivity index is 2.19. The van der Waals surface area contributed by atoms with E-state index < -0.39 is 82.9 Å². The second-order valence-electron chi connectivity index (χ2n) is 7.25. The van der Waals surface area contributed by atoms with Gasteiger partial charge in [-0.2, -0.15) is 21.6 Å². The number of benzene rings is 3.